The second kappa shape index (κ2) is 10.1. The molecule has 0 aromatic heterocycles. The van der Waals surface area contributed by atoms with Gasteiger partial charge in [-0.2, -0.15) is 15.8 Å². The Morgan fingerprint density at radius 2 is 1.47 bits per heavy atom. The van der Waals surface area contributed by atoms with E-state index >= 15 is 0 Å². The fraction of sp³-hybridized carbons (Fsp3) is 0.400. The Hall–Kier alpha value is -0.430. The van der Waals surface area contributed by atoms with Crippen LogP contribution in [0.1, 0.15) is 0 Å². The zero-order valence-corrected chi connectivity index (χ0v) is 8.26. The van der Waals surface area contributed by atoms with Gasteiger partial charge in [-0.15, -0.1) is 0 Å². The Morgan fingerprint density at radius 1 is 1.07 bits per heavy atom. The molecule has 10 heteroatoms. The summed E-state index contributed by atoms with van der Waals surface area (Å²) in [7, 11) is -2.67. The molecule has 0 aliphatic heterocycles. The van der Waals surface area contributed by atoms with Gasteiger partial charge in [0.2, 0.25) is 0 Å². The maximum atomic E-state index is 9.73. The Kier molecular flexibility index (Phi) is 13.5. The molecule has 0 fully saturated rings. The maximum absolute atomic E-state index is 9.73. The molecule has 0 saturated heterocycles. The summed E-state index contributed by atoms with van der Waals surface area (Å²) in [5.74, 6) is 0. The molecular formula is C5H2BLi2N3O4. The molecule has 0 aliphatic carbocycles. The summed E-state index contributed by atoms with van der Waals surface area (Å²) < 4.78 is 0. The van der Waals surface area contributed by atoms with Crippen molar-refractivity contribution in [3.8, 4) is 18.2 Å². The average Bonchev–Trinajstić information content (AvgIpc) is 2.13. The standard InChI is InChI=1S/C5H2BN3O4.2Li/c7-1-5(2-8,3-9)4-12-13-6(10)11;;/h4H2;;/q-2;2*+1. The van der Waals surface area contributed by atoms with Gasteiger partial charge in [-0.05, 0) is 0 Å². The number of nitrogens with zero attached hydrogens (tertiary/aromatic N) is 3. The molecule has 15 heavy (non-hydrogen) atoms. The van der Waals surface area contributed by atoms with Gasteiger partial charge in [-0.3, -0.25) is 4.89 Å². The van der Waals surface area contributed by atoms with Crippen LogP contribution in [0.15, 0.2) is 0 Å². The van der Waals surface area contributed by atoms with Crippen molar-refractivity contribution in [1.82, 2.24) is 0 Å². The summed E-state index contributed by atoms with van der Waals surface area (Å²) in [6.45, 7) is -0.766. The van der Waals surface area contributed by atoms with Crippen LogP contribution in [0.4, 0.5) is 0 Å². The van der Waals surface area contributed by atoms with Gasteiger partial charge in [-0.1, -0.05) is 0 Å². The SMILES string of the molecule is N#CC(C#N)(C#N)COOB([O-])[O-].[Li+].[Li+]. The Morgan fingerprint density at radius 3 is 1.73 bits per heavy atom. The molecule has 0 unspecified atom stereocenters. The molecular weight excluding hydrogens is 191 g/mol. The Balaban J connectivity index is -0.000000720. The molecule has 0 heterocycles. The normalized spacial score (nSPS) is 8.20. The van der Waals surface area contributed by atoms with Crippen molar-refractivity contribution >= 4 is 7.32 Å². The number of hydrogen-bond acceptors (Lipinski definition) is 7. The van der Waals surface area contributed by atoms with Crippen molar-refractivity contribution in [3.63, 3.8) is 0 Å². The van der Waals surface area contributed by atoms with E-state index < -0.39 is 19.3 Å². The van der Waals surface area contributed by atoms with Gasteiger partial charge < -0.3 is 14.9 Å². The van der Waals surface area contributed by atoms with E-state index in [2.05, 4.69) is 9.69 Å². The van der Waals surface area contributed by atoms with Crippen LogP contribution in [-0.4, -0.2) is 13.9 Å². The summed E-state index contributed by atoms with van der Waals surface area (Å²) in [5.41, 5.74) is -2.05. The molecule has 0 radical (unpaired) electrons. The van der Waals surface area contributed by atoms with Crippen molar-refractivity contribution in [1.29, 1.82) is 15.8 Å². The van der Waals surface area contributed by atoms with E-state index in [1.807, 2.05) is 0 Å². The van der Waals surface area contributed by atoms with Crippen LogP contribution in [-0.2, 0) is 9.69 Å². The molecule has 7 nitrogen and oxygen atoms in total. The van der Waals surface area contributed by atoms with Crippen LogP contribution in [0.3, 0.4) is 0 Å². The number of hydrogen-bond donors (Lipinski definition) is 0. The van der Waals surface area contributed by atoms with E-state index in [1.165, 1.54) is 18.2 Å². The van der Waals surface area contributed by atoms with Crippen LogP contribution in [0, 0.1) is 39.4 Å². The predicted molar refractivity (Wildman–Crippen MR) is 32.1 cm³/mol. The third-order valence-corrected chi connectivity index (χ3v) is 0.995. The van der Waals surface area contributed by atoms with E-state index in [0.717, 1.165) is 0 Å². The molecule has 0 spiro atoms. The third-order valence-electron chi connectivity index (χ3n) is 0.995. The van der Waals surface area contributed by atoms with E-state index in [-0.39, 0.29) is 37.7 Å². The minimum absolute atomic E-state index is 0. The Labute approximate surface area is 111 Å². The molecule has 0 aliphatic rings. The minimum Gasteiger partial charge on any atom is -0.868 e. The van der Waals surface area contributed by atoms with Gasteiger partial charge in [0.05, 0.1) is 0 Å². The molecule has 0 rings (SSSR count). The largest absolute Gasteiger partial charge is 1.00 e. The minimum atomic E-state index is -2.67. The second-order valence-electron chi connectivity index (χ2n) is 1.89. The first-order chi connectivity index (χ1) is 6.10. The van der Waals surface area contributed by atoms with Crippen LogP contribution in [0.2, 0.25) is 0 Å². The topological polar surface area (TPSA) is 136 Å². The first-order valence-electron chi connectivity index (χ1n) is 2.94. The van der Waals surface area contributed by atoms with Crippen LogP contribution >= 0.6 is 0 Å². The number of nitriles is 3. The van der Waals surface area contributed by atoms with Crippen molar-refractivity contribution in [2.45, 2.75) is 0 Å². The van der Waals surface area contributed by atoms with Crippen LogP contribution in [0.25, 0.3) is 0 Å². The molecule has 0 amide bonds. The Bertz CT molecular complexity index is 258. The molecule has 66 valence electrons. The first kappa shape index (κ1) is 20.0. The van der Waals surface area contributed by atoms with Gasteiger partial charge in [0.25, 0.3) is 5.41 Å². The van der Waals surface area contributed by atoms with Gasteiger partial charge in [-0.25, -0.2) is 0 Å². The van der Waals surface area contributed by atoms with Gasteiger partial charge in [0.15, 0.2) is 0 Å². The smallest absolute Gasteiger partial charge is 0.868 e. The molecule has 0 saturated carbocycles. The van der Waals surface area contributed by atoms with E-state index in [0.29, 0.717) is 0 Å². The molecule has 0 aromatic rings. The summed E-state index contributed by atoms with van der Waals surface area (Å²) in [6.07, 6.45) is 0. The molecule has 0 bridgehead atoms. The zero-order valence-electron chi connectivity index (χ0n) is 8.26. The van der Waals surface area contributed by atoms with Gasteiger partial charge in [0.1, 0.15) is 32.1 Å². The van der Waals surface area contributed by atoms with Crippen molar-refractivity contribution in [3.05, 3.63) is 0 Å². The summed E-state index contributed by atoms with van der Waals surface area (Å²) in [4.78, 5) is 7.48. The van der Waals surface area contributed by atoms with E-state index in [4.69, 9.17) is 15.8 Å². The molecule has 0 atom stereocenters. The zero-order chi connectivity index (χ0) is 10.3. The molecule has 0 aromatic carbocycles. The van der Waals surface area contributed by atoms with Crippen LogP contribution in [0.5, 0.6) is 0 Å². The first-order valence-corrected chi connectivity index (χ1v) is 2.94. The van der Waals surface area contributed by atoms with Gasteiger partial charge >= 0.3 is 37.7 Å². The third kappa shape index (κ3) is 7.49. The molecule has 0 N–H and O–H groups in total. The second-order valence-corrected chi connectivity index (χ2v) is 1.89. The fourth-order valence-corrected chi connectivity index (χ4v) is 0.350. The summed E-state index contributed by atoms with van der Waals surface area (Å²) >= 11 is 0. The fourth-order valence-electron chi connectivity index (χ4n) is 0.350. The average molecular weight is 193 g/mol. The van der Waals surface area contributed by atoms with Crippen molar-refractivity contribution in [2.24, 2.45) is 5.41 Å². The van der Waals surface area contributed by atoms with Crippen molar-refractivity contribution in [2.75, 3.05) is 6.61 Å². The predicted octanol–water partition coefficient (Wildman–Crippen LogP) is -8.79. The summed E-state index contributed by atoms with van der Waals surface area (Å²) in [6, 6.07) is 4.07. The van der Waals surface area contributed by atoms with Gasteiger partial charge in [0, 0.05) is 0 Å². The van der Waals surface area contributed by atoms with Crippen LogP contribution < -0.4 is 47.8 Å². The number of rotatable bonds is 4. The maximum Gasteiger partial charge on any atom is 1.00 e. The van der Waals surface area contributed by atoms with Crippen molar-refractivity contribution < 1.29 is 57.5 Å². The van der Waals surface area contributed by atoms with E-state index in [1.54, 1.807) is 0 Å². The van der Waals surface area contributed by atoms with E-state index in [9.17, 15) is 10.0 Å². The quantitative estimate of drug-likeness (QED) is 0.245. The monoisotopic (exact) mass is 193 g/mol. The summed E-state index contributed by atoms with van der Waals surface area (Å²) in [5, 5.41) is 44.5.